The Hall–Kier alpha value is -0.180. The van der Waals surface area contributed by atoms with Gasteiger partial charge in [0.05, 0.1) is 0 Å². The minimum absolute atomic E-state index is 0.209. The van der Waals surface area contributed by atoms with Crippen LogP contribution in [0, 0.1) is 10.8 Å². The highest BCUT2D eigenvalue weighted by Gasteiger charge is 2.11. The van der Waals surface area contributed by atoms with Crippen molar-refractivity contribution in [2.75, 3.05) is 18.1 Å². The summed E-state index contributed by atoms with van der Waals surface area (Å²) >= 11 is 1.94. The fourth-order valence-electron chi connectivity index (χ4n) is 1.61. The summed E-state index contributed by atoms with van der Waals surface area (Å²) in [5, 5.41) is 3.01. The molecule has 0 spiro atoms. The van der Waals surface area contributed by atoms with Crippen LogP contribution >= 0.6 is 11.8 Å². The lowest BCUT2D eigenvalue weighted by molar-refractivity contribution is -0.121. The molecule has 0 aliphatic heterocycles. The van der Waals surface area contributed by atoms with Gasteiger partial charge in [0.1, 0.15) is 0 Å². The van der Waals surface area contributed by atoms with E-state index in [1.165, 1.54) is 12.2 Å². The maximum atomic E-state index is 11.6. The average Bonchev–Trinajstić information content (AvgIpc) is 2.19. The van der Waals surface area contributed by atoms with Crippen molar-refractivity contribution in [3.8, 4) is 0 Å². The van der Waals surface area contributed by atoms with Crippen molar-refractivity contribution in [1.29, 1.82) is 0 Å². The SMILES string of the molecule is CC(C)(C)CCCC(=O)NCCSCCC(C)(C)C. The van der Waals surface area contributed by atoms with Crippen molar-refractivity contribution >= 4 is 17.7 Å². The Bertz CT molecular complexity index is 250. The van der Waals surface area contributed by atoms with E-state index in [0.717, 1.165) is 25.1 Å². The number of amides is 1. The Kier molecular flexibility index (Phi) is 8.80. The van der Waals surface area contributed by atoms with E-state index in [-0.39, 0.29) is 5.91 Å². The van der Waals surface area contributed by atoms with Crippen LogP contribution in [-0.4, -0.2) is 24.0 Å². The standard InChI is InChI=1S/C16H33NOS/c1-15(2,3)9-7-8-14(18)17-11-13-19-12-10-16(4,5)6/h7-13H2,1-6H3,(H,17,18). The summed E-state index contributed by atoms with van der Waals surface area (Å²) in [6, 6.07) is 0. The van der Waals surface area contributed by atoms with E-state index < -0.39 is 0 Å². The fraction of sp³-hybridized carbons (Fsp3) is 0.938. The molecule has 0 atom stereocenters. The monoisotopic (exact) mass is 287 g/mol. The summed E-state index contributed by atoms with van der Waals surface area (Å²) in [6.45, 7) is 14.3. The van der Waals surface area contributed by atoms with Crippen LogP contribution in [-0.2, 0) is 4.79 Å². The lowest BCUT2D eigenvalue weighted by Crippen LogP contribution is -2.25. The third-order valence-corrected chi connectivity index (χ3v) is 3.88. The zero-order valence-corrected chi connectivity index (χ0v) is 14.6. The molecular weight excluding hydrogens is 254 g/mol. The molecule has 0 aliphatic rings. The number of carbonyl (C=O) groups excluding carboxylic acids is 1. The molecule has 0 aromatic carbocycles. The molecule has 1 N–H and O–H groups in total. The topological polar surface area (TPSA) is 29.1 Å². The van der Waals surface area contributed by atoms with Gasteiger partial charge in [0.15, 0.2) is 0 Å². The highest BCUT2D eigenvalue weighted by molar-refractivity contribution is 7.99. The summed E-state index contributed by atoms with van der Waals surface area (Å²) in [6.07, 6.45) is 4.01. The molecule has 0 aromatic rings. The van der Waals surface area contributed by atoms with Gasteiger partial charge >= 0.3 is 0 Å². The molecule has 0 saturated heterocycles. The molecule has 0 saturated carbocycles. The van der Waals surface area contributed by atoms with Crippen LogP contribution in [0.5, 0.6) is 0 Å². The number of nitrogens with one attached hydrogen (secondary N) is 1. The van der Waals surface area contributed by atoms with Crippen LogP contribution in [0.15, 0.2) is 0 Å². The predicted octanol–water partition coefficient (Wildman–Crippen LogP) is 4.49. The maximum absolute atomic E-state index is 11.6. The summed E-state index contributed by atoms with van der Waals surface area (Å²) in [7, 11) is 0. The zero-order chi connectivity index (χ0) is 14.9. The first-order chi connectivity index (χ1) is 8.60. The van der Waals surface area contributed by atoms with E-state index in [1.807, 2.05) is 11.8 Å². The lowest BCUT2D eigenvalue weighted by atomic mass is 9.90. The molecule has 3 heteroatoms. The van der Waals surface area contributed by atoms with Gasteiger partial charge in [0.25, 0.3) is 0 Å². The van der Waals surface area contributed by atoms with Crippen molar-refractivity contribution in [3.63, 3.8) is 0 Å². The van der Waals surface area contributed by atoms with Crippen LogP contribution in [0.3, 0.4) is 0 Å². The molecule has 0 bridgehead atoms. The van der Waals surface area contributed by atoms with Crippen molar-refractivity contribution in [2.24, 2.45) is 10.8 Å². The Morgan fingerprint density at radius 3 is 2.05 bits per heavy atom. The molecule has 0 radical (unpaired) electrons. The van der Waals surface area contributed by atoms with Crippen LogP contribution in [0.4, 0.5) is 0 Å². The summed E-state index contributed by atoms with van der Waals surface area (Å²) in [5.74, 6) is 2.42. The van der Waals surface area contributed by atoms with Gasteiger partial charge in [-0.05, 0) is 35.8 Å². The van der Waals surface area contributed by atoms with Crippen molar-refractivity contribution in [1.82, 2.24) is 5.32 Å². The second-order valence-electron chi connectivity index (χ2n) is 7.69. The van der Waals surface area contributed by atoms with Crippen LogP contribution in [0.2, 0.25) is 0 Å². The van der Waals surface area contributed by atoms with E-state index in [4.69, 9.17) is 0 Å². The fourth-order valence-corrected chi connectivity index (χ4v) is 2.82. The van der Waals surface area contributed by atoms with Crippen LogP contribution < -0.4 is 5.32 Å². The lowest BCUT2D eigenvalue weighted by Gasteiger charge is -2.17. The number of thioether (sulfide) groups is 1. The second kappa shape index (κ2) is 8.89. The van der Waals surface area contributed by atoms with Gasteiger partial charge in [-0.15, -0.1) is 0 Å². The number of hydrogen-bond acceptors (Lipinski definition) is 2. The first-order valence-corrected chi connectivity index (χ1v) is 8.60. The third kappa shape index (κ3) is 15.8. The van der Waals surface area contributed by atoms with E-state index in [9.17, 15) is 4.79 Å². The van der Waals surface area contributed by atoms with E-state index >= 15 is 0 Å². The Balaban J connectivity index is 3.40. The molecule has 2 nitrogen and oxygen atoms in total. The molecule has 0 fully saturated rings. The summed E-state index contributed by atoms with van der Waals surface area (Å²) in [5.41, 5.74) is 0.756. The largest absolute Gasteiger partial charge is 0.355 e. The molecule has 0 aliphatic carbocycles. The minimum atomic E-state index is 0.209. The van der Waals surface area contributed by atoms with Crippen LogP contribution in [0.1, 0.15) is 67.2 Å². The summed E-state index contributed by atoms with van der Waals surface area (Å²) in [4.78, 5) is 11.6. The zero-order valence-electron chi connectivity index (χ0n) is 13.8. The highest BCUT2D eigenvalue weighted by atomic mass is 32.2. The number of carbonyl (C=O) groups is 1. The maximum Gasteiger partial charge on any atom is 0.220 e. The van der Waals surface area contributed by atoms with E-state index in [2.05, 4.69) is 46.9 Å². The molecule has 114 valence electrons. The van der Waals surface area contributed by atoms with Gasteiger partial charge in [-0.3, -0.25) is 4.79 Å². The Morgan fingerprint density at radius 1 is 0.947 bits per heavy atom. The van der Waals surface area contributed by atoms with Crippen molar-refractivity contribution in [3.05, 3.63) is 0 Å². The molecular formula is C16H33NOS. The van der Waals surface area contributed by atoms with Crippen LogP contribution in [0.25, 0.3) is 0 Å². The van der Waals surface area contributed by atoms with Gasteiger partial charge in [-0.1, -0.05) is 41.5 Å². The normalized spacial score (nSPS) is 12.5. The highest BCUT2D eigenvalue weighted by Crippen LogP contribution is 2.22. The Labute approximate surface area is 124 Å². The smallest absolute Gasteiger partial charge is 0.220 e. The van der Waals surface area contributed by atoms with E-state index in [0.29, 0.717) is 17.3 Å². The first kappa shape index (κ1) is 18.8. The number of hydrogen-bond donors (Lipinski definition) is 1. The average molecular weight is 288 g/mol. The predicted molar refractivity (Wildman–Crippen MR) is 87.7 cm³/mol. The molecule has 0 aromatic heterocycles. The third-order valence-electron chi connectivity index (χ3n) is 2.90. The molecule has 0 unspecified atom stereocenters. The van der Waals surface area contributed by atoms with Gasteiger partial charge in [0.2, 0.25) is 5.91 Å². The summed E-state index contributed by atoms with van der Waals surface area (Å²) < 4.78 is 0. The van der Waals surface area contributed by atoms with Crippen molar-refractivity contribution in [2.45, 2.75) is 67.2 Å². The molecule has 1 amide bonds. The first-order valence-electron chi connectivity index (χ1n) is 7.45. The molecule has 0 heterocycles. The Morgan fingerprint density at radius 2 is 1.53 bits per heavy atom. The van der Waals surface area contributed by atoms with Crippen molar-refractivity contribution < 1.29 is 4.79 Å². The quantitative estimate of drug-likeness (QED) is 0.666. The van der Waals surface area contributed by atoms with Gasteiger partial charge < -0.3 is 5.32 Å². The number of rotatable bonds is 8. The van der Waals surface area contributed by atoms with E-state index in [1.54, 1.807) is 0 Å². The molecule has 0 rings (SSSR count). The van der Waals surface area contributed by atoms with Gasteiger partial charge in [-0.25, -0.2) is 0 Å². The minimum Gasteiger partial charge on any atom is -0.355 e. The van der Waals surface area contributed by atoms with Gasteiger partial charge in [0, 0.05) is 18.7 Å². The molecule has 19 heavy (non-hydrogen) atoms. The van der Waals surface area contributed by atoms with Gasteiger partial charge in [-0.2, -0.15) is 11.8 Å². The second-order valence-corrected chi connectivity index (χ2v) is 8.91.